The maximum Gasteiger partial charge on any atom is 0.330 e. The number of rotatable bonds is 5. The Balaban J connectivity index is 1.90. The Bertz CT molecular complexity index is 691. The largest absolute Gasteiger partial charge is 0.367 e. The predicted octanol–water partition coefficient (Wildman–Crippen LogP) is 2.92. The van der Waals surface area contributed by atoms with E-state index >= 15 is 0 Å². The molecule has 7 heteroatoms. The molecule has 1 aromatic carbocycles. The van der Waals surface area contributed by atoms with Crippen molar-refractivity contribution < 1.29 is 22.2 Å². The van der Waals surface area contributed by atoms with Crippen LogP contribution in [0.3, 0.4) is 0 Å². The van der Waals surface area contributed by atoms with Gasteiger partial charge in [-0.05, 0) is 58.6 Å². The fourth-order valence-corrected chi connectivity index (χ4v) is 3.44. The molecule has 0 N–H and O–H groups in total. The van der Waals surface area contributed by atoms with Crippen LogP contribution in [0.2, 0.25) is 0 Å². The number of hydrogen-bond donors (Lipinski definition) is 0. The number of nitrogens with zero attached hydrogens (tertiary/aromatic N) is 1. The van der Waals surface area contributed by atoms with E-state index in [1.807, 2.05) is 6.92 Å². The van der Waals surface area contributed by atoms with Crippen LogP contribution in [0.25, 0.3) is 0 Å². The molecule has 1 atom stereocenters. The van der Waals surface area contributed by atoms with Crippen LogP contribution in [0, 0.1) is 18.3 Å². The Labute approximate surface area is 150 Å². The van der Waals surface area contributed by atoms with Gasteiger partial charge in [0.1, 0.15) is 0 Å². The summed E-state index contributed by atoms with van der Waals surface area (Å²) in [6.07, 6.45) is 1.67. The topological polar surface area (TPSA) is 72.9 Å². The van der Waals surface area contributed by atoms with Crippen molar-refractivity contribution in [3.8, 4) is 0 Å². The minimum Gasteiger partial charge on any atom is -0.367 e. The van der Waals surface area contributed by atoms with Crippen molar-refractivity contribution in [3.63, 3.8) is 0 Å². The Morgan fingerprint density at radius 2 is 1.88 bits per heavy atom. The summed E-state index contributed by atoms with van der Waals surface area (Å²) in [5.41, 5.74) is 0.417. The molecule has 0 spiro atoms. The fourth-order valence-electron chi connectivity index (χ4n) is 2.46. The summed E-state index contributed by atoms with van der Waals surface area (Å²) in [7, 11) is -3.77. The van der Waals surface area contributed by atoms with Crippen LogP contribution < -0.4 is 0 Å². The lowest BCUT2D eigenvalue weighted by Gasteiger charge is -2.32. The first kappa shape index (κ1) is 19.9. The average Bonchev–Trinajstić information content (AvgIpc) is 2.53. The standard InChI is InChI=1S/C18H27NO5S/c1-14-7-9-16(10-8-14)25(21,22)23-13-15-6-5-11-19(12-15)24-17(20)18(2,3)4/h7-10,15H,5-6,11-13H2,1-4H3/t15-/m1/s1. The van der Waals surface area contributed by atoms with Gasteiger partial charge in [-0.15, -0.1) is 5.06 Å². The minimum atomic E-state index is -3.77. The van der Waals surface area contributed by atoms with Crippen LogP contribution in [0.15, 0.2) is 29.2 Å². The van der Waals surface area contributed by atoms with Gasteiger partial charge >= 0.3 is 5.97 Å². The van der Waals surface area contributed by atoms with Crippen LogP contribution in [0.4, 0.5) is 0 Å². The monoisotopic (exact) mass is 369 g/mol. The van der Waals surface area contributed by atoms with E-state index < -0.39 is 15.5 Å². The van der Waals surface area contributed by atoms with Gasteiger partial charge in [-0.1, -0.05) is 17.7 Å². The third-order valence-corrected chi connectivity index (χ3v) is 5.37. The predicted molar refractivity (Wildman–Crippen MR) is 94.2 cm³/mol. The first-order valence-corrected chi connectivity index (χ1v) is 9.92. The second-order valence-corrected chi connectivity index (χ2v) is 9.19. The van der Waals surface area contributed by atoms with Crippen molar-refractivity contribution in [1.82, 2.24) is 5.06 Å². The van der Waals surface area contributed by atoms with E-state index in [0.29, 0.717) is 13.1 Å². The van der Waals surface area contributed by atoms with Gasteiger partial charge in [0.05, 0.1) is 16.9 Å². The summed E-state index contributed by atoms with van der Waals surface area (Å²) in [4.78, 5) is 17.5. The SMILES string of the molecule is Cc1ccc(S(=O)(=O)OC[C@@H]2CCCN(OC(=O)C(C)(C)C)C2)cc1. The Kier molecular flexibility index (Phi) is 6.24. The van der Waals surface area contributed by atoms with E-state index in [4.69, 9.17) is 9.02 Å². The average molecular weight is 369 g/mol. The van der Waals surface area contributed by atoms with Crippen molar-refractivity contribution in [2.24, 2.45) is 11.3 Å². The summed E-state index contributed by atoms with van der Waals surface area (Å²) >= 11 is 0. The molecule has 0 unspecified atom stereocenters. The van der Waals surface area contributed by atoms with Gasteiger partial charge in [0.25, 0.3) is 10.1 Å². The Morgan fingerprint density at radius 3 is 2.48 bits per heavy atom. The molecule has 140 valence electrons. The highest BCUT2D eigenvalue weighted by atomic mass is 32.2. The lowest BCUT2D eigenvalue weighted by atomic mass is 9.97. The number of benzene rings is 1. The van der Waals surface area contributed by atoms with E-state index in [9.17, 15) is 13.2 Å². The number of carbonyl (C=O) groups excluding carboxylic acids is 1. The first-order valence-electron chi connectivity index (χ1n) is 8.51. The Hall–Kier alpha value is -1.44. The zero-order chi connectivity index (χ0) is 18.7. The summed E-state index contributed by atoms with van der Waals surface area (Å²) < 4.78 is 29.7. The van der Waals surface area contributed by atoms with E-state index in [1.165, 1.54) is 0 Å². The van der Waals surface area contributed by atoms with Gasteiger partial charge < -0.3 is 4.84 Å². The van der Waals surface area contributed by atoms with E-state index in [2.05, 4.69) is 0 Å². The number of hydroxylamine groups is 2. The smallest absolute Gasteiger partial charge is 0.330 e. The van der Waals surface area contributed by atoms with Gasteiger partial charge in [0.15, 0.2) is 0 Å². The van der Waals surface area contributed by atoms with Crippen molar-refractivity contribution in [1.29, 1.82) is 0 Å². The maximum absolute atomic E-state index is 12.3. The molecule has 0 aliphatic carbocycles. The van der Waals surface area contributed by atoms with Gasteiger partial charge in [-0.25, -0.2) is 4.79 Å². The molecule has 6 nitrogen and oxygen atoms in total. The van der Waals surface area contributed by atoms with Gasteiger partial charge in [-0.2, -0.15) is 8.42 Å². The van der Waals surface area contributed by atoms with E-state index in [1.54, 1.807) is 50.1 Å². The number of piperidine rings is 1. The molecular weight excluding hydrogens is 342 g/mol. The molecule has 1 heterocycles. The maximum atomic E-state index is 12.3. The summed E-state index contributed by atoms with van der Waals surface area (Å²) in [6, 6.07) is 6.57. The van der Waals surface area contributed by atoms with Crippen LogP contribution >= 0.6 is 0 Å². The summed E-state index contributed by atoms with van der Waals surface area (Å²) in [5, 5.41) is 1.61. The molecule has 0 bridgehead atoms. The minimum absolute atomic E-state index is 0.00161. The molecule has 1 aromatic rings. The summed E-state index contributed by atoms with van der Waals surface area (Å²) in [6.45, 7) is 8.51. The number of carbonyl (C=O) groups is 1. The molecule has 1 aliphatic rings. The third-order valence-electron chi connectivity index (χ3n) is 4.07. The molecule has 1 saturated heterocycles. The van der Waals surface area contributed by atoms with Crippen molar-refractivity contribution in [2.45, 2.75) is 45.4 Å². The zero-order valence-corrected chi connectivity index (χ0v) is 16.1. The molecule has 1 fully saturated rings. The second-order valence-electron chi connectivity index (χ2n) is 7.58. The van der Waals surface area contributed by atoms with Gasteiger partial charge in [-0.3, -0.25) is 4.18 Å². The molecule has 0 radical (unpaired) electrons. The quantitative estimate of drug-likeness (QED) is 0.743. The second kappa shape index (κ2) is 7.85. The van der Waals surface area contributed by atoms with Crippen molar-refractivity contribution in [2.75, 3.05) is 19.7 Å². The number of aryl methyl sites for hydroxylation is 1. The summed E-state index contributed by atoms with van der Waals surface area (Å²) in [5.74, 6) is -0.289. The zero-order valence-electron chi connectivity index (χ0n) is 15.3. The van der Waals surface area contributed by atoms with Gasteiger partial charge in [0, 0.05) is 13.1 Å². The normalized spacial score (nSPS) is 19.6. The van der Waals surface area contributed by atoms with Crippen molar-refractivity contribution >= 4 is 16.1 Å². The van der Waals surface area contributed by atoms with E-state index in [0.717, 1.165) is 18.4 Å². The molecule has 2 rings (SSSR count). The highest BCUT2D eigenvalue weighted by Gasteiger charge is 2.29. The lowest BCUT2D eigenvalue weighted by Crippen LogP contribution is -2.41. The van der Waals surface area contributed by atoms with Crippen LogP contribution in [-0.4, -0.2) is 39.1 Å². The molecule has 0 aromatic heterocycles. The van der Waals surface area contributed by atoms with Crippen LogP contribution in [0.1, 0.15) is 39.2 Å². The molecule has 0 saturated carbocycles. The van der Waals surface area contributed by atoms with Crippen LogP contribution in [-0.2, 0) is 23.9 Å². The van der Waals surface area contributed by atoms with Crippen LogP contribution in [0.5, 0.6) is 0 Å². The lowest BCUT2D eigenvalue weighted by molar-refractivity contribution is -0.208. The van der Waals surface area contributed by atoms with Crippen molar-refractivity contribution in [3.05, 3.63) is 29.8 Å². The highest BCUT2D eigenvalue weighted by Crippen LogP contribution is 2.22. The molecule has 25 heavy (non-hydrogen) atoms. The molecule has 1 aliphatic heterocycles. The number of hydrogen-bond acceptors (Lipinski definition) is 6. The highest BCUT2D eigenvalue weighted by molar-refractivity contribution is 7.86. The first-order chi connectivity index (χ1) is 11.6. The molecular formula is C18H27NO5S. The van der Waals surface area contributed by atoms with Gasteiger partial charge in [0.2, 0.25) is 0 Å². The van der Waals surface area contributed by atoms with E-state index in [-0.39, 0.29) is 23.4 Å². The fraction of sp³-hybridized carbons (Fsp3) is 0.611. The Morgan fingerprint density at radius 1 is 1.24 bits per heavy atom. The third kappa shape index (κ3) is 5.80. The molecule has 0 amide bonds.